The number of likely N-dealkylation sites (N-methyl/N-ethyl adjacent to an activating group) is 1. The maximum absolute atomic E-state index is 11.6. The fourth-order valence-corrected chi connectivity index (χ4v) is 3.38. The standard InChI is InChI=1S/C15H22N2O2S/c1-10-8-17(9-11(2)16(10)3)12-6-5-7-13(20-4)14(12)15(18)19/h5-7,10-11H,8-9H2,1-4H3,(H,18,19). The Labute approximate surface area is 124 Å². The van der Waals surface area contributed by atoms with Gasteiger partial charge in [0.25, 0.3) is 0 Å². The number of hydrogen-bond donors (Lipinski definition) is 1. The lowest BCUT2D eigenvalue weighted by molar-refractivity contribution is 0.0693. The van der Waals surface area contributed by atoms with Gasteiger partial charge < -0.3 is 10.0 Å². The molecule has 0 amide bonds. The number of carboxylic acid groups (broad SMARTS) is 1. The molecule has 1 aliphatic heterocycles. The minimum absolute atomic E-state index is 0.415. The number of anilines is 1. The second-order valence-corrected chi connectivity index (χ2v) is 6.28. The third-order valence-corrected chi connectivity index (χ3v) is 4.92. The molecule has 0 aliphatic carbocycles. The zero-order chi connectivity index (χ0) is 14.9. The Morgan fingerprint density at radius 3 is 2.40 bits per heavy atom. The van der Waals surface area contributed by atoms with E-state index in [9.17, 15) is 9.90 Å². The normalized spacial score (nSPS) is 23.9. The molecule has 2 atom stereocenters. The average Bonchev–Trinajstić information content (AvgIpc) is 2.43. The van der Waals surface area contributed by atoms with Crippen LogP contribution in [0, 0.1) is 0 Å². The SMILES string of the molecule is CSc1cccc(N2CC(C)N(C)C(C)C2)c1C(=O)O. The number of carboxylic acids is 1. The van der Waals surface area contributed by atoms with E-state index in [1.54, 1.807) is 0 Å². The Bertz CT molecular complexity index is 495. The van der Waals surface area contributed by atoms with E-state index in [2.05, 4.69) is 30.7 Å². The Hall–Kier alpha value is -1.20. The minimum Gasteiger partial charge on any atom is -0.478 e. The van der Waals surface area contributed by atoms with Crippen LogP contribution in [0.5, 0.6) is 0 Å². The third kappa shape index (κ3) is 2.79. The summed E-state index contributed by atoms with van der Waals surface area (Å²) in [6, 6.07) is 6.58. The van der Waals surface area contributed by atoms with Crippen LogP contribution < -0.4 is 4.90 Å². The average molecular weight is 294 g/mol. The van der Waals surface area contributed by atoms with Crippen molar-refractivity contribution in [1.29, 1.82) is 0 Å². The molecule has 110 valence electrons. The van der Waals surface area contributed by atoms with Crippen molar-refractivity contribution >= 4 is 23.4 Å². The molecular weight excluding hydrogens is 272 g/mol. The van der Waals surface area contributed by atoms with Gasteiger partial charge in [0.15, 0.2) is 0 Å². The van der Waals surface area contributed by atoms with E-state index in [1.165, 1.54) is 11.8 Å². The Kier molecular flexibility index (Phi) is 4.60. The highest BCUT2D eigenvalue weighted by Crippen LogP contribution is 2.31. The number of thioether (sulfide) groups is 1. The van der Waals surface area contributed by atoms with Crippen LogP contribution in [0.25, 0.3) is 0 Å². The predicted molar refractivity (Wildman–Crippen MR) is 84.1 cm³/mol. The summed E-state index contributed by atoms with van der Waals surface area (Å²) < 4.78 is 0. The molecule has 0 aromatic heterocycles. The summed E-state index contributed by atoms with van der Waals surface area (Å²) in [5, 5.41) is 9.54. The highest BCUT2D eigenvalue weighted by molar-refractivity contribution is 7.98. The molecule has 0 saturated carbocycles. The molecule has 0 spiro atoms. The number of rotatable bonds is 3. The first-order valence-electron chi connectivity index (χ1n) is 6.82. The second-order valence-electron chi connectivity index (χ2n) is 5.43. The predicted octanol–water partition coefficient (Wildman–Crippen LogP) is 2.64. The molecule has 2 unspecified atom stereocenters. The molecule has 4 nitrogen and oxygen atoms in total. The second kappa shape index (κ2) is 6.06. The number of piperazine rings is 1. The molecule has 1 aromatic rings. The van der Waals surface area contributed by atoms with Crippen LogP contribution in [0.15, 0.2) is 23.1 Å². The van der Waals surface area contributed by atoms with Crippen molar-refractivity contribution < 1.29 is 9.90 Å². The summed E-state index contributed by atoms with van der Waals surface area (Å²) in [5.74, 6) is -0.843. The Morgan fingerprint density at radius 1 is 1.30 bits per heavy atom. The van der Waals surface area contributed by atoms with E-state index in [0.29, 0.717) is 17.6 Å². The maximum Gasteiger partial charge on any atom is 0.338 e. The summed E-state index contributed by atoms with van der Waals surface area (Å²) in [5.41, 5.74) is 1.28. The molecule has 1 N–H and O–H groups in total. The van der Waals surface area contributed by atoms with Crippen LogP contribution in [0.3, 0.4) is 0 Å². The van der Waals surface area contributed by atoms with Gasteiger partial charge in [-0.15, -0.1) is 11.8 Å². The van der Waals surface area contributed by atoms with Gasteiger partial charge in [0.2, 0.25) is 0 Å². The van der Waals surface area contributed by atoms with Crippen molar-refractivity contribution in [3.8, 4) is 0 Å². The Morgan fingerprint density at radius 2 is 1.90 bits per heavy atom. The fraction of sp³-hybridized carbons (Fsp3) is 0.533. The van der Waals surface area contributed by atoms with E-state index in [4.69, 9.17) is 0 Å². The van der Waals surface area contributed by atoms with Gasteiger partial charge in [-0.2, -0.15) is 0 Å². The van der Waals surface area contributed by atoms with Crippen LogP contribution in [-0.2, 0) is 0 Å². The summed E-state index contributed by atoms with van der Waals surface area (Å²) >= 11 is 1.49. The molecule has 1 heterocycles. The van der Waals surface area contributed by atoms with Gasteiger partial charge in [-0.3, -0.25) is 4.90 Å². The van der Waals surface area contributed by atoms with Gasteiger partial charge in [0.05, 0.1) is 11.3 Å². The van der Waals surface area contributed by atoms with Crippen LogP contribution >= 0.6 is 11.8 Å². The minimum atomic E-state index is -0.843. The number of benzene rings is 1. The van der Waals surface area contributed by atoms with Gasteiger partial charge in [0, 0.05) is 30.1 Å². The molecular formula is C15H22N2O2S. The molecule has 0 radical (unpaired) electrons. The van der Waals surface area contributed by atoms with E-state index >= 15 is 0 Å². The summed E-state index contributed by atoms with van der Waals surface area (Å²) in [6.07, 6.45) is 1.92. The van der Waals surface area contributed by atoms with Crippen molar-refractivity contribution in [3.05, 3.63) is 23.8 Å². The first-order valence-corrected chi connectivity index (χ1v) is 8.05. The molecule has 5 heteroatoms. The zero-order valence-corrected chi connectivity index (χ0v) is 13.3. The highest BCUT2D eigenvalue weighted by Gasteiger charge is 2.29. The van der Waals surface area contributed by atoms with E-state index < -0.39 is 5.97 Å². The quantitative estimate of drug-likeness (QED) is 0.868. The fourth-order valence-electron chi connectivity index (χ4n) is 2.77. The monoisotopic (exact) mass is 294 g/mol. The smallest absolute Gasteiger partial charge is 0.338 e. The lowest BCUT2D eigenvalue weighted by Crippen LogP contribution is -2.55. The number of nitrogens with zero attached hydrogens (tertiary/aromatic N) is 2. The van der Waals surface area contributed by atoms with E-state index in [1.807, 2.05) is 24.5 Å². The molecule has 1 aliphatic rings. The highest BCUT2D eigenvalue weighted by atomic mass is 32.2. The van der Waals surface area contributed by atoms with E-state index in [-0.39, 0.29) is 0 Å². The lowest BCUT2D eigenvalue weighted by Gasteiger charge is -2.44. The van der Waals surface area contributed by atoms with Gasteiger partial charge in [-0.25, -0.2) is 4.79 Å². The van der Waals surface area contributed by atoms with Crippen molar-refractivity contribution in [3.63, 3.8) is 0 Å². The van der Waals surface area contributed by atoms with Crippen LogP contribution in [0.1, 0.15) is 24.2 Å². The van der Waals surface area contributed by atoms with Crippen molar-refractivity contribution in [1.82, 2.24) is 4.90 Å². The first kappa shape index (κ1) is 15.2. The summed E-state index contributed by atoms with van der Waals surface area (Å²) in [4.78, 5) is 17.0. The molecule has 1 aromatic carbocycles. The van der Waals surface area contributed by atoms with Gasteiger partial charge in [-0.05, 0) is 39.3 Å². The van der Waals surface area contributed by atoms with E-state index in [0.717, 1.165) is 23.7 Å². The number of hydrogen-bond acceptors (Lipinski definition) is 4. The number of carbonyl (C=O) groups is 1. The lowest BCUT2D eigenvalue weighted by atomic mass is 10.1. The number of aromatic carboxylic acids is 1. The largest absolute Gasteiger partial charge is 0.478 e. The van der Waals surface area contributed by atoms with Crippen molar-refractivity contribution in [2.24, 2.45) is 0 Å². The molecule has 20 heavy (non-hydrogen) atoms. The van der Waals surface area contributed by atoms with Crippen LogP contribution in [0.4, 0.5) is 5.69 Å². The van der Waals surface area contributed by atoms with Crippen LogP contribution in [-0.4, -0.2) is 54.5 Å². The molecule has 2 rings (SSSR count). The third-order valence-electron chi connectivity index (χ3n) is 4.14. The molecule has 1 saturated heterocycles. The maximum atomic E-state index is 11.6. The molecule has 0 bridgehead atoms. The first-order chi connectivity index (χ1) is 9.45. The van der Waals surface area contributed by atoms with Gasteiger partial charge in [-0.1, -0.05) is 6.07 Å². The summed E-state index contributed by atoms with van der Waals surface area (Å²) in [7, 11) is 2.13. The Balaban J connectivity index is 2.40. The van der Waals surface area contributed by atoms with Crippen LogP contribution in [0.2, 0.25) is 0 Å². The van der Waals surface area contributed by atoms with Gasteiger partial charge in [0.1, 0.15) is 0 Å². The zero-order valence-electron chi connectivity index (χ0n) is 12.5. The van der Waals surface area contributed by atoms with Gasteiger partial charge >= 0.3 is 5.97 Å². The van der Waals surface area contributed by atoms with Crippen molar-refractivity contribution in [2.45, 2.75) is 30.8 Å². The molecule has 1 fully saturated rings. The summed E-state index contributed by atoms with van der Waals surface area (Å²) in [6.45, 7) is 6.08. The topological polar surface area (TPSA) is 43.8 Å². The van der Waals surface area contributed by atoms with Crippen molar-refractivity contribution in [2.75, 3.05) is 31.3 Å².